The number of aliphatic hydroxyl groups excluding tert-OH is 4. The van der Waals surface area contributed by atoms with Crippen LogP contribution in [0.3, 0.4) is 0 Å². The van der Waals surface area contributed by atoms with E-state index in [4.69, 9.17) is 25.2 Å². The highest BCUT2D eigenvalue weighted by Crippen LogP contribution is 2.14. The molecule has 0 saturated heterocycles. The van der Waals surface area contributed by atoms with Gasteiger partial charge in [0.05, 0.1) is 13.2 Å². The first kappa shape index (κ1) is 49.3. The second-order valence-corrected chi connectivity index (χ2v) is 13.3. The van der Waals surface area contributed by atoms with Gasteiger partial charge in [-0.3, -0.25) is 9.59 Å². The summed E-state index contributed by atoms with van der Waals surface area (Å²) in [6.45, 7) is 3.28. The number of esters is 3. The fraction of sp³-hybridized carbons (Fsp3) is 0.875. The first-order chi connectivity index (χ1) is 23.8. The Bertz CT molecular complexity index is 756. The molecule has 9 nitrogen and oxygen atoms in total. The van der Waals surface area contributed by atoms with E-state index in [-0.39, 0.29) is 25.6 Å². The second-order valence-electron chi connectivity index (χ2n) is 13.3. The number of carbonyl (C=O) groups excluding carboxylic acids is 3. The SMILES string of the molecule is CCCCCCCC/C=C\CCCCCCCC(=O)OCC(O)CO.CCCCCCCCCCCCCCCC(=O)OC(=O)C(O)CO. The van der Waals surface area contributed by atoms with Gasteiger partial charge in [0.25, 0.3) is 0 Å². The highest BCUT2D eigenvalue weighted by atomic mass is 16.6. The Labute approximate surface area is 299 Å². The van der Waals surface area contributed by atoms with Crippen LogP contribution in [0.25, 0.3) is 0 Å². The minimum absolute atomic E-state index is 0.111. The normalized spacial score (nSPS) is 12.4. The lowest BCUT2D eigenvalue weighted by atomic mass is 10.0. The summed E-state index contributed by atoms with van der Waals surface area (Å²) < 4.78 is 9.28. The van der Waals surface area contributed by atoms with Crippen molar-refractivity contribution in [3.05, 3.63) is 12.2 Å². The Kier molecular flexibility index (Phi) is 40.9. The number of rotatable bonds is 34. The fourth-order valence-corrected chi connectivity index (χ4v) is 5.25. The van der Waals surface area contributed by atoms with Crippen LogP contribution in [-0.2, 0) is 23.9 Å². The highest BCUT2D eigenvalue weighted by Gasteiger charge is 2.18. The quantitative estimate of drug-likeness (QED) is 0.0223. The number of carbonyl (C=O) groups is 3. The summed E-state index contributed by atoms with van der Waals surface area (Å²) in [5.41, 5.74) is 0. The number of unbranched alkanes of at least 4 members (excludes halogenated alkanes) is 23. The lowest BCUT2D eigenvalue weighted by Crippen LogP contribution is -2.28. The molecular weight excluding hydrogens is 624 g/mol. The van der Waals surface area contributed by atoms with Crippen molar-refractivity contribution in [2.45, 2.75) is 206 Å². The molecule has 0 aromatic heterocycles. The van der Waals surface area contributed by atoms with Crippen LogP contribution in [0.15, 0.2) is 12.2 Å². The maximum absolute atomic E-state index is 11.4. The van der Waals surface area contributed by atoms with Gasteiger partial charge < -0.3 is 29.9 Å². The molecule has 0 bridgehead atoms. The van der Waals surface area contributed by atoms with Gasteiger partial charge in [-0.25, -0.2) is 4.79 Å². The standard InChI is InChI=1S/C21H40O4.C19H36O5/c1-2-3-4-5-6-7-8-9-10-11-12-13-14-15-16-17-21(24)25-19-20(23)18-22;1-2-3-4-5-6-7-8-9-10-11-12-13-14-15-18(22)24-19(23)17(21)16-20/h9-10,20,22-23H,2-8,11-19H2,1H3;17,20-21H,2-16H2,1H3/b10-9-;. The molecular formula is C40H76O9. The summed E-state index contributed by atoms with van der Waals surface area (Å²) in [6, 6.07) is 0. The third kappa shape index (κ3) is 40.5. The van der Waals surface area contributed by atoms with Gasteiger partial charge in [0.15, 0.2) is 6.10 Å². The van der Waals surface area contributed by atoms with Gasteiger partial charge in [-0.15, -0.1) is 0 Å². The van der Waals surface area contributed by atoms with Gasteiger partial charge in [-0.2, -0.15) is 0 Å². The molecule has 290 valence electrons. The molecule has 0 fully saturated rings. The summed E-state index contributed by atoms with van der Waals surface area (Å²) in [4.78, 5) is 33.8. The maximum Gasteiger partial charge on any atom is 0.345 e. The van der Waals surface area contributed by atoms with Crippen LogP contribution in [0.2, 0.25) is 0 Å². The molecule has 0 aliphatic rings. The number of allylic oxidation sites excluding steroid dienone is 2. The Morgan fingerprint density at radius 2 is 0.878 bits per heavy atom. The van der Waals surface area contributed by atoms with E-state index >= 15 is 0 Å². The molecule has 0 aromatic rings. The first-order valence-corrected chi connectivity index (χ1v) is 19.9. The van der Waals surface area contributed by atoms with Gasteiger partial charge >= 0.3 is 17.9 Å². The molecule has 4 N–H and O–H groups in total. The van der Waals surface area contributed by atoms with Crippen molar-refractivity contribution in [2.75, 3.05) is 19.8 Å². The summed E-state index contributed by atoms with van der Waals surface area (Å²) >= 11 is 0. The van der Waals surface area contributed by atoms with Crippen LogP contribution in [0, 0.1) is 0 Å². The van der Waals surface area contributed by atoms with Crippen molar-refractivity contribution in [3.8, 4) is 0 Å². The van der Waals surface area contributed by atoms with Gasteiger partial charge in [0, 0.05) is 12.8 Å². The molecule has 2 atom stereocenters. The third-order valence-electron chi connectivity index (χ3n) is 8.43. The van der Waals surface area contributed by atoms with Crippen molar-refractivity contribution in [2.24, 2.45) is 0 Å². The number of hydrogen-bond donors (Lipinski definition) is 4. The molecule has 0 aliphatic heterocycles. The van der Waals surface area contributed by atoms with E-state index in [1.807, 2.05) is 0 Å². The summed E-state index contributed by atoms with van der Waals surface area (Å²) in [6.07, 6.45) is 34.6. The van der Waals surface area contributed by atoms with Crippen molar-refractivity contribution in [3.63, 3.8) is 0 Å². The van der Waals surface area contributed by atoms with Crippen molar-refractivity contribution < 1.29 is 44.3 Å². The Balaban J connectivity index is 0. The van der Waals surface area contributed by atoms with E-state index in [0.29, 0.717) is 12.8 Å². The zero-order valence-corrected chi connectivity index (χ0v) is 31.6. The lowest BCUT2D eigenvalue weighted by Gasteiger charge is -2.08. The van der Waals surface area contributed by atoms with Crippen LogP contribution >= 0.6 is 0 Å². The molecule has 2 unspecified atom stereocenters. The van der Waals surface area contributed by atoms with E-state index in [9.17, 15) is 14.4 Å². The van der Waals surface area contributed by atoms with Crippen LogP contribution < -0.4 is 0 Å². The molecule has 49 heavy (non-hydrogen) atoms. The monoisotopic (exact) mass is 701 g/mol. The molecule has 0 heterocycles. The smallest absolute Gasteiger partial charge is 0.345 e. The third-order valence-corrected chi connectivity index (χ3v) is 8.43. The number of hydrogen-bond acceptors (Lipinski definition) is 9. The minimum atomic E-state index is -1.62. The van der Waals surface area contributed by atoms with Gasteiger partial charge in [-0.05, 0) is 38.5 Å². The zero-order chi connectivity index (χ0) is 36.6. The average molecular weight is 701 g/mol. The van der Waals surface area contributed by atoms with Crippen LogP contribution in [-0.4, -0.2) is 70.4 Å². The van der Waals surface area contributed by atoms with Crippen molar-refractivity contribution in [1.29, 1.82) is 0 Å². The molecule has 0 rings (SSSR count). The van der Waals surface area contributed by atoms with Crippen molar-refractivity contribution >= 4 is 17.9 Å². The Morgan fingerprint density at radius 1 is 0.510 bits per heavy atom. The molecule has 0 aromatic carbocycles. The van der Waals surface area contributed by atoms with Gasteiger partial charge in [0.2, 0.25) is 0 Å². The largest absolute Gasteiger partial charge is 0.463 e. The minimum Gasteiger partial charge on any atom is -0.463 e. The van der Waals surface area contributed by atoms with E-state index in [0.717, 1.165) is 38.5 Å². The van der Waals surface area contributed by atoms with Crippen molar-refractivity contribution in [1.82, 2.24) is 0 Å². The van der Waals surface area contributed by atoms with Gasteiger partial charge in [0.1, 0.15) is 12.7 Å². The van der Waals surface area contributed by atoms with E-state index < -0.39 is 30.8 Å². The van der Waals surface area contributed by atoms with E-state index in [1.54, 1.807) is 0 Å². The Morgan fingerprint density at radius 3 is 1.27 bits per heavy atom. The van der Waals surface area contributed by atoms with Crippen LogP contribution in [0.1, 0.15) is 194 Å². The molecule has 0 spiro atoms. The summed E-state index contributed by atoms with van der Waals surface area (Å²) in [7, 11) is 0. The van der Waals surface area contributed by atoms with E-state index in [1.165, 1.54) is 122 Å². The predicted molar refractivity (Wildman–Crippen MR) is 198 cm³/mol. The molecule has 0 saturated carbocycles. The number of aliphatic hydroxyl groups is 4. The Hall–Kier alpha value is -1.81. The van der Waals surface area contributed by atoms with Gasteiger partial charge in [-0.1, -0.05) is 154 Å². The van der Waals surface area contributed by atoms with Crippen LogP contribution in [0.4, 0.5) is 0 Å². The lowest BCUT2D eigenvalue weighted by molar-refractivity contribution is -0.167. The first-order valence-electron chi connectivity index (χ1n) is 19.9. The molecule has 0 radical (unpaired) electrons. The summed E-state index contributed by atoms with van der Waals surface area (Å²) in [5, 5.41) is 35.2. The predicted octanol–water partition coefficient (Wildman–Crippen LogP) is 8.81. The molecule has 9 heteroatoms. The zero-order valence-electron chi connectivity index (χ0n) is 31.6. The number of ether oxygens (including phenoxy) is 2. The molecule has 0 aliphatic carbocycles. The highest BCUT2D eigenvalue weighted by molar-refractivity contribution is 5.87. The summed E-state index contributed by atoms with van der Waals surface area (Å²) in [5.74, 6) is -1.99. The topological polar surface area (TPSA) is 151 Å². The fourth-order valence-electron chi connectivity index (χ4n) is 5.25. The van der Waals surface area contributed by atoms with Crippen LogP contribution in [0.5, 0.6) is 0 Å². The second kappa shape index (κ2) is 40.6. The molecule has 0 amide bonds. The maximum atomic E-state index is 11.4. The van der Waals surface area contributed by atoms with E-state index in [2.05, 4.69) is 30.7 Å². The average Bonchev–Trinajstić information content (AvgIpc) is 3.10.